The van der Waals surface area contributed by atoms with Crippen molar-refractivity contribution in [1.29, 1.82) is 0 Å². The predicted octanol–water partition coefficient (Wildman–Crippen LogP) is 7.15. The molecule has 0 bridgehead atoms. The highest BCUT2D eigenvalue weighted by Gasteiger charge is 2.42. The molecule has 0 N–H and O–H groups in total. The molecule has 4 nitrogen and oxygen atoms in total. The Hall–Kier alpha value is -1.70. The summed E-state index contributed by atoms with van der Waals surface area (Å²) in [6.45, 7) is 2.97. The lowest BCUT2D eigenvalue weighted by Crippen LogP contribution is -2.40. The third-order valence-corrected chi connectivity index (χ3v) is 8.75. The zero-order valence-electron chi connectivity index (χ0n) is 17.4. The molecular formula is C24H24BrN3OS2. The second-order valence-electron chi connectivity index (χ2n) is 7.89. The SMILES string of the molecule is CCN1/C(=C2/SC(=Nc3cccc(Br)c3)N(C3CCCCC3)C2=O)Sc2ccccc21. The first-order valence-electron chi connectivity index (χ1n) is 10.8. The van der Waals surface area contributed by atoms with Crippen molar-refractivity contribution in [2.75, 3.05) is 11.4 Å². The first-order chi connectivity index (χ1) is 15.2. The molecule has 2 heterocycles. The molecule has 0 spiro atoms. The number of anilines is 1. The Morgan fingerprint density at radius 1 is 1.06 bits per heavy atom. The summed E-state index contributed by atoms with van der Waals surface area (Å²) in [6.07, 6.45) is 5.72. The van der Waals surface area contributed by atoms with Crippen molar-refractivity contribution in [2.24, 2.45) is 4.99 Å². The summed E-state index contributed by atoms with van der Waals surface area (Å²) in [5.41, 5.74) is 2.05. The van der Waals surface area contributed by atoms with E-state index in [-0.39, 0.29) is 11.9 Å². The fourth-order valence-corrected chi connectivity index (χ4v) is 7.27. The molecule has 1 saturated carbocycles. The van der Waals surface area contributed by atoms with E-state index in [4.69, 9.17) is 4.99 Å². The van der Waals surface area contributed by atoms with Gasteiger partial charge in [0.2, 0.25) is 0 Å². The van der Waals surface area contributed by atoms with Gasteiger partial charge in [-0.2, -0.15) is 0 Å². The maximum absolute atomic E-state index is 13.8. The van der Waals surface area contributed by atoms with Gasteiger partial charge in [-0.15, -0.1) is 0 Å². The largest absolute Gasteiger partial charge is 0.334 e. The normalized spacial score (nSPS) is 23.2. The third-order valence-electron chi connectivity index (χ3n) is 5.90. The van der Waals surface area contributed by atoms with E-state index in [9.17, 15) is 4.79 Å². The second kappa shape index (κ2) is 9.04. The van der Waals surface area contributed by atoms with Crippen LogP contribution in [0.4, 0.5) is 11.4 Å². The van der Waals surface area contributed by atoms with E-state index in [1.165, 1.54) is 41.6 Å². The number of rotatable bonds is 3. The summed E-state index contributed by atoms with van der Waals surface area (Å²) in [6, 6.07) is 16.6. The van der Waals surface area contributed by atoms with Gasteiger partial charge in [-0.25, -0.2) is 4.99 Å². The molecule has 5 rings (SSSR count). The van der Waals surface area contributed by atoms with Crippen LogP contribution in [0.15, 0.2) is 72.8 Å². The summed E-state index contributed by atoms with van der Waals surface area (Å²) < 4.78 is 0.991. The van der Waals surface area contributed by atoms with Gasteiger partial charge >= 0.3 is 0 Å². The van der Waals surface area contributed by atoms with Gasteiger partial charge in [-0.3, -0.25) is 9.69 Å². The Morgan fingerprint density at radius 2 is 1.87 bits per heavy atom. The Morgan fingerprint density at radius 3 is 2.65 bits per heavy atom. The zero-order valence-corrected chi connectivity index (χ0v) is 20.6. The number of fused-ring (bicyclic) bond motifs is 1. The smallest absolute Gasteiger partial charge is 0.269 e. The van der Waals surface area contributed by atoms with Gasteiger partial charge in [-0.05, 0) is 61.9 Å². The maximum Gasteiger partial charge on any atom is 0.269 e. The summed E-state index contributed by atoms with van der Waals surface area (Å²) in [5.74, 6) is 0.111. The van der Waals surface area contributed by atoms with Crippen LogP contribution in [0.1, 0.15) is 39.0 Å². The van der Waals surface area contributed by atoms with Gasteiger partial charge in [-0.1, -0.05) is 65.2 Å². The van der Waals surface area contributed by atoms with Crippen molar-refractivity contribution in [3.63, 3.8) is 0 Å². The quantitative estimate of drug-likeness (QED) is 0.408. The number of hydrogen-bond donors (Lipinski definition) is 0. The molecule has 1 aliphatic carbocycles. The molecule has 1 amide bonds. The molecule has 0 unspecified atom stereocenters. The molecule has 2 aromatic carbocycles. The van der Waals surface area contributed by atoms with Crippen molar-refractivity contribution in [1.82, 2.24) is 4.90 Å². The van der Waals surface area contributed by atoms with E-state index in [1.54, 1.807) is 11.8 Å². The van der Waals surface area contributed by atoms with E-state index in [0.29, 0.717) is 0 Å². The van der Waals surface area contributed by atoms with E-state index < -0.39 is 0 Å². The Balaban J connectivity index is 1.57. The van der Waals surface area contributed by atoms with Gasteiger partial charge in [0.05, 0.1) is 11.4 Å². The molecule has 7 heteroatoms. The van der Waals surface area contributed by atoms with Crippen LogP contribution in [0.25, 0.3) is 0 Å². The average molecular weight is 515 g/mol. The van der Waals surface area contributed by atoms with Crippen molar-refractivity contribution in [2.45, 2.75) is 50.0 Å². The van der Waals surface area contributed by atoms with E-state index in [2.05, 4.69) is 52.0 Å². The number of carbonyl (C=O) groups excluding carboxylic acids is 1. The number of aliphatic imine (C=N–C) groups is 1. The maximum atomic E-state index is 13.8. The van der Waals surface area contributed by atoms with Crippen LogP contribution in [-0.4, -0.2) is 28.6 Å². The minimum Gasteiger partial charge on any atom is -0.334 e. The van der Waals surface area contributed by atoms with Gasteiger partial charge < -0.3 is 4.90 Å². The molecule has 3 aliphatic rings. The molecule has 31 heavy (non-hydrogen) atoms. The molecule has 0 aromatic heterocycles. The van der Waals surface area contributed by atoms with Crippen LogP contribution in [0.3, 0.4) is 0 Å². The zero-order chi connectivity index (χ0) is 21.4. The average Bonchev–Trinajstić information content (AvgIpc) is 3.31. The van der Waals surface area contributed by atoms with E-state index in [0.717, 1.165) is 44.6 Å². The van der Waals surface area contributed by atoms with Crippen LogP contribution >= 0.6 is 39.5 Å². The molecule has 0 atom stereocenters. The highest BCUT2D eigenvalue weighted by atomic mass is 79.9. The van der Waals surface area contributed by atoms with Crippen LogP contribution in [0, 0.1) is 0 Å². The van der Waals surface area contributed by atoms with Gasteiger partial charge in [0.1, 0.15) is 9.93 Å². The summed E-state index contributed by atoms with van der Waals surface area (Å²) in [7, 11) is 0. The van der Waals surface area contributed by atoms with Crippen molar-refractivity contribution in [3.8, 4) is 0 Å². The van der Waals surface area contributed by atoms with Crippen molar-refractivity contribution >= 4 is 61.9 Å². The number of amidine groups is 1. The number of para-hydroxylation sites is 1. The van der Waals surface area contributed by atoms with E-state index in [1.807, 2.05) is 29.2 Å². The Kier molecular flexibility index (Phi) is 6.17. The molecule has 2 aliphatic heterocycles. The molecule has 160 valence electrons. The first kappa shape index (κ1) is 21.2. The van der Waals surface area contributed by atoms with Crippen LogP contribution in [0.5, 0.6) is 0 Å². The number of nitrogens with zero attached hydrogens (tertiary/aromatic N) is 3. The fraction of sp³-hybridized carbons (Fsp3) is 0.333. The monoisotopic (exact) mass is 513 g/mol. The summed E-state index contributed by atoms with van der Waals surface area (Å²) in [5, 5.41) is 1.85. The highest BCUT2D eigenvalue weighted by Crippen LogP contribution is 2.51. The van der Waals surface area contributed by atoms with Crippen LogP contribution in [-0.2, 0) is 4.79 Å². The standard InChI is InChI=1S/C24H24BrN3OS2/c1-2-27-19-13-6-7-14-20(19)30-23(27)21-22(29)28(18-11-4-3-5-12-18)24(31-21)26-17-10-8-9-16(25)15-17/h6-10,13-15,18H,2-5,11-12H2,1H3/b23-21-,26-24?. The molecule has 2 fully saturated rings. The lowest BCUT2D eigenvalue weighted by molar-refractivity contribution is -0.124. The topological polar surface area (TPSA) is 35.9 Å². The number of halogens is 1. The number of amides is 1. The van der Waals surface area contributed by atoms with Crippen LogP contribution < -0.4 is 4.90 Å². The molecular weight excluding hydrogens is 490 g/mol. The predicted molar refractivity (Wildman–Crippen MR) is 135 cm³/mol. The second-order valence-corrected chi connectivity index (χ2v) is 10.8. The molecule has 0 radical (unpaired) electrons. The summed E-state index contributed by atoms with van der Waals surface area (Å²) in [4.78, 5) is 25.0. The number of benzene rings is 2. The highest BCUT2D eigenvalue weighted by molar-refractivity contribution is 9.10. The molecule has 2 aromatic rings. The lowest BCUT2D eigenvalue weighted by Gasteiger charge is -2.30. The van der Waals surface area contributed by atoms with Crippen LogP contribution in [0.2, 0.25) is 0 Å². The molecule has 1 saturated heterocycles. The number of hydrogen-bond acceptors (Lipinski definition) is 5. The Labute approximate surface area is 200 Å². The lowest BCUT2D eigenvalue weighted by atomic mass is 9.94. The van der Waals surface area contributed by atoms with Gasteiger partial charge in [0, 0.05) is 22.0 Å². The van der Waals surface area contributed by atoms with E-state index >= 15 is 0 Å². The summed E-state index contributed by atoms with van der Waals surface area (Å²) >= 11 is 6.78. The number of carbonyl (C=O) groups is 1. The Bertz CT molecular complexity index is 1080. The minimum absolute atomic E-state index is 0.111. The van der Waals surface area contributed by atoms with Crippen molar-refractivity contribution < 1.29 is 4.79 Å². The third kappa shape index (κ3) is 4.08. The number of thioether (sulfide) groups is 2. The van der Waals surface area contributed by atoms with Gasteiger partial charge in [0.25, 0.3) is 5.91 Å². The van der Waals surface area contributed by atoms with Crippen molar-refractivity contribution in [3.05, 3.63) is 62.9 Å². The minimum atomic E-state index is 0.111. The fourth-order valence-electron chi connectivity index (χ4n) is 4.43. The first-order valence-corrected chi connectivity index (χ1v) is 13.2. The van der Waals surface area contributed by atoms with Gasteiger partial charge in [0.15, 0.2) is 5.17 Å².